The summed E-state index contributed by atoms with van der Waals surface area (Å²) in [4.78, 5) is 4.76. The van der Waals surface area contributed by atoms with Gasteiger partial charge in [0.25, 0.3) is 0 Å². The Hall–Kier alpha value is -1.99. The van der Waals surface area contributed by atoms with Gasteiger partial charge in [-0.25, -0.2) is 4.99 Å². The zero-order valence-electron chi connectivity index (χ0n) is 18.4. The van der Waals surface area contributed by atoms with E-state index in [0.29, 0.717) is 13.2 Å². The number of nitrogens with one attached hydrogen (secondary N) is 2. The summed E-state index contributed by atoms with van der Waals surface area (Å²) in [6.07, 6.45) is 6.67. The molecule has 2 aliphatic rings. The largest absolute Gasteiger partial charge is 0.493 e. The van der Waals surface area contributed by atoms with E-state index >= 15 is 0 Å². The van der Waals surface area contributed by atoms with Crippen molar-refractivity contribution in [1.82, 2.24) is 10.6 Å². The monoisotopic (exact) mass is 419 g/mol. The molecule has 0 aromatic heterocycles. The van der Waals surface area contributed by atoms with Crippen LogP contribution in [0.15, 0.2) is 23.2 Å². The summed E-state index contributed by atoms with van der Waals surface area (Å²) in [6, 6.07) is 6.04. The first-order valence-corrected chi connectivity index (χ1v) is 11.2. The van der Waals surface area contributed by atoms with Crippen molar-refractivity contribution in [3.8, 4) is 11.5 Å². The van der Waals surface area contributed by atoms with Gasteiger partial charge < -0.3 is 30.0 Å². The lowest BCUT2D eigenvalue weighted by Gasteiger charge is -2.27. The van der Waals surface area contributed by atoms with Crippen LogP contribution in [0.3, 0.4) is 0 Å². The molecule has 1 saturated heterocycles. The number of benzene rings is 1. The number of hydrogen-bond acceptors (Lipinski definition) is 5. The van der Waals surface area contributed by atoms with Crippen LogP contribution in [0.1, 0.15) is 51.0 Å². The molecular weight excluding hydrogens is 382 g/mol. The first-order valence-electron chi connectivity index (χ1n) is 11.2. The Morgan fingerprint density at radius 2 is 2.10 bits per heavy atom. The Labute approximate surface area is 180 Å². The number of methoxy groups -OCH3 is 1. The maximum Gasteiger partial charge on any atom is 0.191 e. The van der Waals surface area contributed by atoms with Gasteiger partial charge in [-0.1, -0.05) is 6.07 Å². The Balaban J connectivity index is 1.64. The molecule has 0 spiro atoms. The highest BCUT2D eigenvalue weighted by molar-refractivity contribution is 5.79. The van der Waals surface area contributed by atoms with E-state index in [0.717, 1.165) is 68.4 Å². The van der Waals surface area contributed by atoms with Crippen LogP contribution in [0.5, 0.6) is 11.5 Å². The highest BCUT2D eigenvalue weighted by Gasteiger charge is 2.34. The Morgan fingerprint density at radius 3 is 2.77 bits per heavy atom. The molecule has 1 aliphatic heterocycles. The standard InChI is InChI=1S/C23H37N3O4/c1-3-24-22(26-16-23(10-12-27)11-13-29-17-23)25-15-18-8-9-20(28-2)21(14-18)30-19-6-4-5-7-19/h8-9,14,19,27H,3-7,10-13,15-17H2,1-2H3,(H2,24,25,26). The summed E-state index contributed by atoms with van der Waals surface area (Å²) in [5.41, 5.74) is 1.06. The number of ether oxygens (including phenoxy) is 3. The lowest BCUT2D eigenvalue weighted by molar-refractivity contribution is 0.127. The lowest BCUT2D eigenvalue weighted by Crippen LogP contribution is -2.44. The Kier molecular flexibility index (Phi) is 8.63. The van der Waals surface area contributed by atoms with E-state index in [1.54, 1.807) is 7.11 Å². The predicted octanol–water partition coefficient (Wildman–Crippen LogP) is 2.86. The fourth-order valence-corrected chi connectivity index (χ4v) is 4.19. The molecule has 30 heavy (non-hydrogen) atoms. The summed E-state index contributed by atoms with van der Waals surface area (Å²) in [5.74, 6) is 2.35. The number of hydrogen-bond donors (Lipinski definition) is 3. The van der Waals surface area contributed by atoms with Crippen molar-refractivity contribution in [3.63, 3.8) is 0 Å². The van der Waals surface area contributed by atoms with Crippen molar-refractivity contribution in [1.29, 1.82) is 0 Å². The average Bonchev–Trinajstić information content (AvgIpc) is 3.43. The highest BCUT2D eigenvalue weighted by Crippen LogP contribution is 2.33. The molecule has 1 saturated carbocycles. The summed E-state index contributed by atoms with van der Waals surface area (Å²) < 4.78 is 17.3. The molecule has 7 nitrogen and oxygen atoms in total. The molecule has 1 aromatic rings. The number of aliphatic imine (C=N–C) groups is 1. The van der Waals surface area contributed by atoms with E-state index < -0.39 is 0 Å². The minimum Gasteiger partial charge on any atom is -0.493 e. The maximum atomic E-state index is 9.43. The Bertz CT molecular complexity index is 683. The highest BCUT2D eigenvalue weighted by atomic mass is 16.5. The molecule has 1 unspecified atom stereocenters. The van der Waals surface area contributed by atoms with Crippen molar-refractivity contribution in [2.24, 2.45) is 10.4 Å². The van der Waals surface area contributed by atoms with E-state index in [2.05, 4.69) is 17.6 Å². The molecule has 7 heteroatoms. The van der Waals surface area contributed by atoms with Gasteiger partial charge in [-0.3, -0.25) is 0 Å². The summed E-state index contributed by atoms with van der Waals surface area (Å²) in [7, 11) is 1.68. The molecule has 0 bridgehead atoms. The quantitative estimate of drug-likeness (QED) is 0.400. The average molecular weight is 420 g/mol. The zero-order chi connectivity index (χ0) is 21.2. The summed E-state index contributed by atoms with van der Waals surface area (Å²) >= 11 is 0. The SMILES string of the molecule is CCNC(=NCc1ccc(OC)c(OC2CCCC2)c1)NCC1(CCO)CCOC1. The third-order valence-corrected chi connectivity index (χ3v) is 6.05. The minimum absolute atomic E-state index is 0.0205. The first kappa shape index (κ1) is 22.7. The molecule has 3 rings (SSSR count). The zero-order valence-corrected chi connectivity index (χ0v) is 18.4. The van der Waals surface area contributed by atoms with Gasteiger partial charge in [0.15, 0.2) is 17.5 Å². The second-order valence-electron chi connectivity index (χ2n) is 8.33. The molecule has 1 atom stereocenters. The molecular formula is C23H37N3O4. The first-order chi connectivity index (χ1) is 14.7. The Morgan fingerprint density at radius 1 is 1.27 bits per heavy atom. The fraction of sp³-hybridized carbons (Fsp3) is 0.696. The van der Waals surface area contributed by atoms with E-state index in [9.17, 15) is 5.11 Å². The van der Waals surface area contributed by atoms with E-state index in [-0.39, 0.29) is 18.1 Å². The van der Waals surface area contributed by atoms with Crippen molar-refractivity contribution in [2.45, 2.75) is 58.1 Å². The molecule has 1 aromatic carbocycles. The van der Waals surface area contributed by atoms with E-state index in [1.165, 1.54) is 12.8 Å². The third-order valence-electron chi connectivity index (χ3n) is 6.05. The molecule has 3 N–H and O–H groups in total. The minimum atomic E-state index is -0.0205. The summed E-state index contributed by atoms with van der Waals surface area (Å²) in [5, 5.41) is 16.2. The van der Waals surface area contributed by atoms with Crippen molar-refractivity contribution >= 4 is 5.96 Å². The van der Waals surface area contributed by atoms with Crippen LogP contribution in [0.4, 0.5) is 0 Å². The van der Waals surface area contributed by atoms with Crippen LogP contribution < -0.4 is 20.1 Å². The van der Waals surface area contributed by atoms with Crippen LogP contribution in [-0.4, -0.2) is 57.2 Å². The van der Waals surface area contributed by atoms with Gasteiger partial charge in [-0.15, -0.1) is 0 Å². The topological polar surface area (TPSA) is 84.3 Å². The van der Waals surface area contributed by atoms with Crippen LogP contribution in [0, 0.1) is 5.41 Å². The lowest BCUT2D eigenvalue weighted by atomic mass is 9.84. The number of aliphatic hydroxyl groups is 1. The van der Waals surface area contributed by atoms with Gasteiger partial charge in [0.1, 0.15) is 0 Å². The maximum absolute atomic E-state index is 9.43. The van der Waals surface area contributed by atoms with Crippen LogP contribution in [0.25, 0.3) is 0 Å². The van der Waals surface area contributed by atoms with E-state index in [4.69, 9.17) is 19.2 Å². The number of guanidine groups is 1. The smallest absolute Gasteiger partial charge is 0.191 e. The van der Waals surface area contributed by atoms with Gasteiger partial charge in [-0.05, 0) is 63.1 Å². The van der Waals surface area contributed by atoms with Crippen LogP contribution in [-0.2, 0) is 11.3 Å². The van der Waals surface area contributed by atoms with Crippen molar-refractivity contribution < 1.29 is 19.3 Å². The fourth-order valence-electron chi connectivity index (χ4n) is 4.19. The van der Waals surface area contributed by atoms with Crippen molar-refractivity contribution in [3.05, 3.63) is 23.8 Å². The van der Waals surface area contributed by atoms with Gasteiger partial charge in [0.2, 0.25) is 0 Å². The predicted molar refractivity (Wildman–Crippen MR) is 118 cm³/mol. The van der Waals surface area contributed by atoms with Crippen LogP contribution in [0.2, 0.25) is 0 Å². The number of rotatable bonds is 10. The number of nitrogens with zero attached hydrogens (tertiary/aromatic N) is 1. The summed E-state index contributed by atoms with van der Waals surface area (Å²) in [6.45, 7) is 5.73. The number of aliphatic hydroxyl groups excluding tert-OH is 1. The molecule has 1 heterocycles. The third kappa shape index (κ3) is 6.25. The second-order valence-corrected chi connectivity index (χ2v) is 8.33. The van der Waals surface area contributed by atoms with E-state index in [1.807, 2.05) is 18.2 Å². The van der Waals surface area contributed by atoms with Gasteiger partial charge in [0.05, 0.1) is 26.4 Å². The van der Waals surface area contributed by atoms with Gasteiger partial charge in [0, 0.05) is 31.7 Å². The van der Waals surface area contributed by atoms with Crippen molar-refractivity contribution in [2.75, 3.05) is 40.0 Å². The van der Waals surface area contributed by atoms with Gasteiger partial charge >= 0.3 is 0 Å². The molecule has 168 valence electrons. The molecule has 0 radical (unpaired) electrons. The molecule has 1 aliphatic carbocycles. The van der Waals surface area contributed by atoms with Crippen LogP contribution >= 0.6 is 0 Å². The second kappa shape index (κ2) is 11.4. The molecule has 2 fully saturated rings. The normalized spacial score (nSPS) is 22.3. The van der Waals surface area contributed by atoms with Gasteiger partial charge in [-0.2, -0.15) is 0 Å². The molecule has 0 amide bonds.